The van der Waals surface area contributed by atoms with Gasteiger partial charge < -0.3 is 15.4 Å². The van der Waals surface area contributed by atoms with Crippen LogP contribution in [0.5, 0.6) is 5.75 Å². The first-order chi connectivity index (χ1) is 14.2. The van der Waals surface area contributed by atoms with Gasteiger partial charge in [0.15, 0.2) is 5.96 Å². The van der Waals surface area contributed by atoms with Crippen LogP contribution in [-0.4, -0.2) is 50.7 Å². The molecule has 1 aliphatic heterocycles. The van der Waals surface area contributed by atoms with Crippen molar-refractivity contribution in [1.82, 2.24) is 15.5 Å². The summed E-state index contributed by atoms with van der Waals surface area (Å²) in [5.74, 6) is 1.64. The summed E-state index contributed by atoms with van der Waals surface area (Å²) in [6.07, 6.45) is 3.08. The molecule has 3 rings (SSSR count). The molecule has 0 bridgehead atoms. The van der Waals surface area contributed by atoms with Crippen molar-refractivity contribution >= 4 is 41.5 Å². The zero-order valence-electron chi connectivity index (χ0n) is 17.7. The van der Waals surface area contributed by atoms with Gasteiger partial charge in [0, 0.05) is 44.3 Å². The molecule has 5 nitrogen and oxygen atoms in total. The highest BCUT2D eigenvalue weighted by Gasteiger charge is 2.20. The predicted molar refractivity (Wildman–Crippen MR) is 136 cm³/mol. The lowest BCUT2D eigenvalue weighted by Crippen LogP contribution is -2.48. The van der Waals surface area contributed by atoms with Gasteiger partial charge in [0.2, 0.25) is 0 Å². The van der Waals surface area contributed by atoms with Crippen LogP contribution in [0.2, 0.25) is 5.02 Å². The van der Waals surface area contributed by atoms with Crippen LogP contribution in [0.4, 0.5) is 0 Å². The summed E-state index contributed by atoms with van der Waals surface area (Å²) in [6.45, 7) is 4.01. The van der Waals surface area contributed by atoms with Crippen LogP contribution < -0.4 is 15.4 Å². The van der Waals surface area contributed by atoms with Crippen LogP contribution in [0, 0.1) is 0 Å². The molecule has 0 aliphatic carbocycles. The lowest BCUT2D eigenvalue weighted by atomic mass is 10.0. The Hall–Kier alpha value is -1.51. The minimum atomic E-state index is 0. The van der Waals surface area contributed by atoms with Crippen molar-refractivity contribution in [3.8, 4) is 5.75 Å². The molecule has 30 heavy (non-hydrogen) atoms. The number of halogens is 2. The van der Waals surface area contributed by atoms with E-state index in [4.69, 9.17) is 16.3 Å². The molecule has 1 saturated heterocycles. The lowest BCUT2D eigenvalue weighted by Gasteiger charge is -2.33. The number of benzene rings is 2. The van der Waals surface area contributed by atoms with Gasteiger partial charge in [-0.3, -0.25) is 9.89 Å². The average molecular weight is 543 g/mol. The fourth-order valence-corrected chi connectivity index (χ4v) is 3.90. The molecule has 1 heterocycles. The Morgan fingerprint density at radius 2 is 1.90 bits per heavy atom. The maximum atomic E-state index is 6.33. The molecule has 0 unspecified atom stereocenters. The average Bonchev–Trinajstić information content (AvgIpc) is 2.76. The van der Waals surface area contributed by atoms with Crippen LogP contribution in [0.3, 0.4) is 0 Å². The number of hydrogen-bond acceptors (Lipinski definition) is 3. The van der Waals surface area contributed by atoms with Crippen molar-refractivity contribution in [1.29, 1.82) is 0 Å². The van der Waals surface area contributed by atoms with E-state index in [-0.39, 0.29) is 24.0 Å². The summed E-state index contributed by atoms with van der Waals surface area (Å²) in [5.41, 5.74) is 2.48. The first-order valence-corrected chi connectivity index (χ1v) is 10.6. The van der Waals surface area contributed by atoms with Gasteiger partial charge in [-0.1, -0.05) is 48.0 Å². The summed E-state index contributed by atoms with van der Waals surface area (Å²) >= 11 is 6.33. The Morgan fingerprint density at radius 1 is 1.17 bits per heavy atom. The Balaban J connectivity index is 0.00000320. The lowest BCUT2D eigenvalue weighted by molar-refractivity contribution is 0.198. The third kappa shape index (κ3) is 7.63. The van der Waals surface area contributed by atoms with E-state index in [1.165, 1.54) is 5.56 Å². The number of aliphatic imine (C=N–C) groups is 1. The van der Waals surface area contributed by atoms with Gasteiger partial charge in [-0.05, 0) is 42.5 Å². The van der Waals surface area contributed by atoms with Gasteiger partial charge >= 0.3 is 0 Å². The van der Waals surface area contributed by atoms with Crippen LogP contribution in [0.1, 0.15) is 24.0 Å². The number of ether oxygens (including phenoxy) is 1. The topological polar surface area (TPSA) is 48.9 Å². The summed E-state index contributed by atoms with van der Waals surface area (Å²) in [5, 5.41) is 7.71. The molecule has 1 fully saturated rings. The van der Waals surface area contributed by atoms with E-state index in [0.29, 0.717) is 6.04 Å². The quantitative estimate of drug-likeness (QED) is 0.311. The van der Waals surface area contributed by atoms with Crippen molar-refractivity contribution in [2.75, 3.05) is 33.8 Å². The minimum absolute atomic E-state index is 0. The normalized spacial score (nSPS) is 15.4. The first-order valence-electron chi connectivity index (χ1n) is 10.2. The second kappa shape index (κ2) is 13.0. The van der Waals surface area contributed by atoms with Crippen LogP contribution >= 0.6 is 35.6 Å². The predicted octanol–water partition coefficient (Wildman–Crippen LogP) is 4.34. The number of likely N-dealkylation sites (tertiary alicyclic amines) is 1. The zero-order chi connectivity index (χ0) is 20.5. The van der Waals surface area contributed by atoms with Crippen LogP contribution in [0.15, 0.2) is 53.5 Å². The van der Waals surface area contributed by atoms with Crippen molar-refractivity contribution in [3.63, 3.8) is 0 Å². The van der Waals surface area contributed by atoms with Crippen molar-refractivity contribution < 1.29 is 4.74 Å². The van der Waals surface area contributed by atoms with E-state index < -0.39 is 0 Å². The number of nitrogens with zero attached hydrogens (tertiary/aromatic N) is 2. The molecule has 0 spiro atoms. The molecule has 2 aromatic carbocycles. The van der Waals surface area contributed by atoms with Crippen molar-refractivity contribution in [2.45, 2.75) is 31.8 Å². The SMILES string of the molecule is CN=C(NCCc1ccc(OC)cc1Cl)NC1CCN(Cc2ccccc2)CC1.I. The molecule has 1 aliphatic rings. The third-order valence-corrected chi connectivity index (χ3v) is 5.70. The van der Waals surface area contributed by atoms with E-state index in [2.05, 4.69) is 50.9 Å². The smallest absolute Gasteiger partial charge is 0.191 e. The summed E-state index contributed by atoms with van der Waals surface area (Å²) < 4.78 is 5.20. The fraction of sp³-hybridized carbons (Fsp3) is 0.435. The summed E-state index contributed by atoms with van der Waals surface area (Å²) in [4.78, 5) is 6.90. The first kappa shape index (κ1) is 24.8. The highest BCUT2D eigenvalue weighted by molar-refractivity contribution is 14.0. The van der Waals surface area contributed by atoms with Crippen molar-refractivity contribution in [2.24, 2.45) is 4.99 Å². The molecular weight excluding hydrogens is 511 g/mol. The van der Waals surface area contributed by atoms with Gasteiger partial charge in [0.05, 0.1) is 7.11 Å². The van der Waals surface area contributed by atoms with Crippen LogP contribution in [-0.2, 0) is 13.0 Å². The zero-order valence-corrected chi connectivity index (χ0v) is 20.8. The van der Waals surface area contributed by atoms with Gasteiger partial charge in [-0.2, -0.15) is 0 Å². The van der Waals surface area contributed by atoms with E-state index in [1.807, 2.05) is 25.2 Å². The molecule has 164 valence electrons. The molecule has 0 saturated carbocycles. The minimum Gasteiger partial charge on any atom is -0.497 e. The maximum absolute atomic E-state index is 6.33. The molecule has 2 N–H and O–H groups in total. The molecule has 7 heteroatoms. The Bertz CT molecular complexity index is 795. The second-order valence-corrected chi connectivity index (χ2v) is 7.79. The van der Waals surface area contributed by atoms with Gasteiger partial charge in [0.25, 0.3) is 0 Å². The van der Waals surface area contributed by atoms with Gasteiger partial charge in [-0.15, -0.1) is 24.0 Å². The standard InChI is InChI=1S/C23H31ClN4O.HI/c1-25-23(26-13-10-19-8-9-21(29-2)16-22(19)24)27-20-11-14-28(15-12-20)17-18-6-4-3-5-7-18;/h3-9,16,20H,10-15,17H2,1-2H3,(H2,25,26,27);1H. The monoisotopic (exact) mass is 542 g/mol. The number of methoxy groups -OCH3 is 1. The Labute approximate surface area is 202 Å². The second-order valence-electron chi connectivity index (χ2n) is 7.39. The summed E-state index contributed by atoms with van der Waals surface area (Å²) in [6, 6.07) is 17.0. The maximum Gasteiger partial charge on any atom is 0.191 e. The number of hydrogen-bond donors (Lipinski definition) is 2. The molecule has 0 radical (unpaired) electrons. The van der Waals surface area contributed by atoms with E-state index in [9.17, 15) is 0 Å². The Kier molecular flexibility index (Phi) is 10.7. The fourth-order valence-electron chi connectivity index (χ4n) is 3.64. The molecule has 0 amide bonds. The number of rotatable bonds is 7. The number of nitrogens with one attached hydrogen (secondary N) is 2. The number of piperidine rings is 1. The van der Waals surface area contributed by atoms with Gasteiger partial charge in [-0.25, -0.2) is 0 Å². The largest absolute Gasteiger partial charge is 0.497 e. The molecule has 0 atom stereocenters. The third-order valence-electron chi connectivity index (χ3n) is 5.35. The van der Waals surface area contributed by atoms with E-state index in [0.717, 1.165) is 67.7 Å². The highest BCUT2D eigenvalue weighted by atomic mass is 127. The molecule has 0 aromatic heterocycles. The number of guanidine groups is 1. The molecular formula is C23H32ClIN4O. The van der Waals surface area contributed by atoms with E-state index >= 15 is 0 Å². The van der Waals surface area contributed by atoms with Gasteiger partial charge in [0.1, 0.15) is 5.75 Å². The van der Waals surface area contributed by atoms with E-state index in [1.54, 1.807) is 7.11 Å². The highest BCUT2D eigenvalue weighted by Crippen LogP contribution is 2.22. The summed E-state index contributed by atoms with van der Waals surface area (Å²) in [7, 11) is 3.47. The molecule has 2 aromatic rings. The van der Waals surface area contributed by atoms with Crippen LogP contribution in [0.25, 0.3) is 0 Å². The van der Waals surface area contributed by atoms with Crippen molar-refractivity contribution in [3.05, 3.63) is 64.7 Å². The Morgan fingerprint density at radius 3 is 2.53 bits per heavy atom.